The van der Waals surface area contributed by atoms with Gasteiger partial charge in [0.15, 0.2) is 5.76 Å². The van der Waals surface area contributed by atoms with Crippen LogP contribution in [0, 0.1) is 6.92 Å². The van der Waals surface area contributed by atoms with E-state index in [1.807, 2.05) is 13.0 Å². The first-order valence-corrected chi connectivity index (χ1v) is 7.31. The van der Waals surface area contributed by atoms with E-state index < -0.39 is 0 Å². The number of hydrogen-bond donors (Lipinski definition) is 2. The molecule has 0 aliphatic rings. The maximum absolute atomic E-state index is 12.2. The van der Waals surface area contributed by atoms with Crippen LogP contribution in [0.3, 0.4) is 0 Å². The first kappa shape index (κ1) is 15.5. The molecule has 2 heterocycles. The van der Waals surface area contributed by atoms with Crippen LogP contribution in [0.2, 0.25) is 0 Å². The van der Waals surface area contributed by atoms with Gasteiger partial charge in [-0.1, -0.05) is 6.07 Å². The second kappa shape index (κ2) is 6.78. The van der Waals surface area contributed by atoms with Gasteiger partial charge in [-0.05, 0) is 55.0 Å². The fourth-order valence-corrected chi connectivity index (χ4v) is 2.04. The van der Waals surface area contributed by atoms with Crippen LogP contribution in [0.25, 0.3) is 0 Å². The second-order valence-corrected chi connectivity index (χ2v) is 5.18. The van der Waals surface area contributed by atoms with E-state index in [4.69, 9.17) is 4.42 Å². The number of nitrogens with zero attached hydrogens (tertiary/aromatic N) is 1. The minimum atomic E-state index is -0.346. The summed E-state index contributed by atoms with van der Waals surface area (Å²) in [7, 11) is 0. The van der Waals surface area contributed by atoms with E-state index >= 15 is 0 Å². The number of hydrogen-bond acceptors (Lipinski definition) is 4. The van der Waals surface area contributed by atoms with Crippen molar-refractivity contribution >= 4 is 23.3 Å². The number of furan rings is 1. The number of nitrogens with one attached hydrogen (secondary N) is 2. The van der Waals surface area contributed by atoms with Crippen LogP contribution in [0.4, 0.5) is 11.5 Å². The molecule has 6 nitrogen and oxygen atoms in total. The number of aromatic nitrogens is 1. The molecule has 3 rings (SSSR count). The first-order chi connectivity index (χ1) is 11.6. The van der Waals surface area contributed by atoms with E-state index in [0.29, 0.717) is 17.1 Å². The molecule has 0 fully saturated rings. The summed E-state index contributed by atoms with van der Waals surface area (Å²) in [4.78, 5) is 28.2. The molecule has 3 aromatic rings. The van der Waals surface area contributed by atoms with Crippen molar-refractivity contribution in [3.05, 3.63) is 77.9 Å². The summed E-state index contributed by atoms with van der Waals surface area (Å²) in [6.07, 6.45) is 3.12. The van der Waals surface area contributed by atoms with Gasteiger partial charge in [-0.15, -0.1) is 0 Å². The third-order valence-electron chi connectivity index (χ3n) is 3.30. The van der Waals surface area contributed by atoms with E-state index in [1.165, 1.54) is 6.26 Å². The monoisotopic (exact) mass is 321 g/mol. The maximum Gasteiger partial charge on any atom is 0.291 e. The highest BCUT2D eigenvalue weighted by Gasteiger charge is 2.10. The third kappa shape index (κ3) is 3.67. The van der Waals surface area contributed by atoms with Crippen molar-refractivity contribution in [2.24, 2.45) is 0 Å². The van der Waals surface area contributed by atoms with Crippen molar-refractivity contribution < 1.29 is 14.0 Å². The molecular weight excluding hydrogens is 306 g/mol. The van der Waals surface area contributed by atoms with Crippen LogP contribution < -0.4 is 10.6 Å². The van der Waals surface area contributed by atoms with Crippen LogP contribution in [0.5, 0.6) is 0 Å². The molecule has 24 heavy (non-hydrogen) atoms. The Bertz CT molecular complexity index is 838. The number of carbonyl (C=O) groups excluding carboxylic acids is 2. The largest absolute Gasteiger partial charge is 0.459 e. The van der Waals surface area contributed by atoms with E-state index in [0.717, 1.165) is 5.56 Å². The zero-order valence-electron chi connectivity index (χ0n) is 12.9. The van der Waals surface area contributed by atoms with Crippen molar-refractivity contribution in [1.82, 2.24) is 4.98 Å². The van der Waals surface area contributed by atoms with Gasteiger partial charge in [-0.3, -0.25) is 9.59 Å². The molecule has 2 N–H and O–H groups in total. The number of rotatable bonds is 4. The van der Waals surface area contributed by atoms with Crippen molar-refractivity contribution in [3.8, 4) is 0 Å². The normalized spacial score (nSPS) is 10.2. The Morgan fingerprint density at radius 2 is 1.75 bits per heavy atom. The van der Waals surface area contributed by atoms with Gasteiger partial charge in [0.2, 0.25) is 0 Å². The lowest BCUT2D eigenvalue weighted by Crippen LogP contribution is -2.14. The first-order valence-electron chi connectivity index (χ1n) is 7.31. The highest BCUT2D eigenvalue weighted by molar-refractivity contribution is 6.05. The SMILES string of the molecule is Cc1ccc(NC(=O)c2ccc(NC(=O)c3ccco3)cc2)nc1. The number of anilines is 2. The van der Waals surface area contributed by atoms with Gasteiger partial charge in [0.25, 0.3) is 11.8 Å². The number of amides is 2. The Balaban J connectivity index is 1.64. The van der Waals surface area contributed by atoms with Gasteiger partial charge < -0.3 is 15.1 Å². The van der Waals surface area contributed by atoms with Crippen LogP contribution >= 0.6 is 0 Å². The zero-order chi connectivity index (χ0) is 16.9. The molecule has 0 spiro atoms. The molecular formula is C18H15N3O3. The molecule has 0 saturated carbocycles. The molecule has 0 radical (unpaired) electrons. The highest BCUT2D eigenvalue weighted by Crippen LogP contribution is 2.13. The average molecular weight is 321 g/mol. The number of benzene rings is 1. The smallest absolute Gasteiger partial charge is 0.291 e. The van der Waals surface area contributed by atoms with E-state index in [-0.39, 0.29) is 17.6 Å². The summed E-state index contributed by atoms with van der Waals surface area (Å²) in [5.41, 5.74) is 2.06. The molecule has 0 aliphatic carbocycles. The second-order valence-electron chi connectivity index (χ2n) is 5.18. The van der Waals surface area contributed by atoms with E-state index in [1.54, 1.807) is 48.7 Å². The van der Waals surface area contributed by atoms with Gasteiger partial charge >= 0.3 is 0 Å². The topological polar surface area (TPSA) is 84.2 Å². The van der Waals surface area contributed by atoms with Crippen molar-refractivity contribution in [2.45, 2.75) is 6.92 Å². The Labute approximate surface area is 138 Å². The molecule has 2 aromatic heterocycles. The maximum atomic E-state index is 12.2. The Hall–Kier alpha value is -3.41. The van der Waals surface area contributed by atoms with Gasteiger partial charge in [0, 0.05) is 17.4 Å². The highest BCUT2D eigenvalue weighted by atomic mass is 16.3. The van der Waals surface area contributed by atoms with Crippen LogP contribution in [0.15, 0.2) is 65.4 Å². The Morgan fingerprint density at radius 1 is 0.958 bits per heavy atom. The molecule has 0 saturated heterocycles. The van der Waals surface area contributed by atoms with Gasteiger partial charge in [0.1, 0.15) is 5.82 Å². The number of pyridine rings is 1. The molecule has 0 unspecified atom stereocenters. The summed E-state index contributed by atoms with van der Waals surface area (Å²) in [6.45, 7) is 1.92. The predicted octanol–water partition coefficient (Wildman–Crippen LogP) is 3.49. The lowest BCUT2D eigenvalue weighted by atomic mass is 10.2. The number of aryl methyl sites for hydroxylation is 1. The van der Waals surface area contributed by atoms with Crippen LogP contribution in [-0.2, 0) is 0 Å². The lowest BCUT2D eigenvalue weighted by Gasteiger charge is -2.06. The lowest BCUT2D eigenvalue weighted by molar-refractivity contribution is 0.0995. The van der Waals surface area contributed by atoms with E-state index in [9.17, 15) is 9.59 Å². The fourth-order valence-electron chi connectivity index (χ4n) is 2.04. The van der Waals surface area contributed by atoms with Crippen molar-refractivity contribution in [3.63, 3.8) is 0 Å². The molecule has 0 bridgehead atoms. The summed E-state index contributed by atoms with van der Waals surface area (Å²) >= 11 is 0. The fraction of sp³-hybridized carbons (Fsp3) is 0.0556. The molecule has 1 aromatic carbocycles. The molecule has 0 atom stereocenters. The number of carbonyl (C=O) groups is 2. The van der Waals surface area contributed by atoms with Crippen molar-refractivity contribution in [1.29, 1.82) is 0 Å². The molecule has 2 amide bonds. The summed E-state index contributed by atoms with van der Waals surface area (Å²) < 4.78 is 5.02. The predicted molar refractivity (Wildman–Crippen MR) is 90.0 cm³/mol. The summed E-state index contributed by atoms with van der Waals surface area (Å²) in [5, 5.41) is 5.41. The Morgan fingerprint density at radius 3 is 2.38 bits per heavy atom. The average Bonchev–Trinajstić information content (AvgIpc) is 3.12. The van der Waals surface area contributed by atoms with Crippen LogP contribution in [-0.4, -0.2) is 16.8 Å². The Kier molecular flexibility index (Phi) is 4.38. The minimum Gasteiger partial charge on any atom is -0.459 e. The summed E-state index contributed by atoms with van der Waals surface area (Å²) in [5.74, 6) is 0.0967. The molecule has 120 valence electrons. The van der Waals surface area contributed by atoms with E-state index in [2.05, 4.69) is 15.6 Å². The summed E-state index contributed by atoms with van der Waals surface area (Å²) in [6, 6.07) is 13.4. The van der Waals surface area contributed by atoms with Gasteiger partial charge in [-0.25, -0.2) is 4.98 Å². The standard InChI is InChI=1S/C18H15N3O3/c1-12-4-9-16(19-11-12)21-17(22)13-5-7-14(8-6-13)20-18(23)15-3-2-10-24-15/h2-11H,1H3,(H,20,23)(H,19,21,22). The zero-order valence-corrected chi connectivity index (χ0v) is 12.9. The quantitative estimate of drug-likeness (QED) is 0.770. The van der Waals surface area contributed by atoms with Gasteiger partial charge in [-0.2, -0.15) is 0 Å². The minimum absolute atomic E-state index is 0.224. The third-order valence-corrected chi connectivity index (χ3v) is 3.30. The molecule has 0 aliphatic heterocycles. The molecule has 6 heteroatoms. The van der Waals surface area contributed by atoms with Crippen LogP contribution in [0.1, 0.15) is 26.5 Å². The van der Waals surface area contributed by atoms with Crippen molar-refractivity contribution in [2.75, 3.05) is 10.6 Å². The van der Waals surface area contributed by atoms with Gasteiger partial charge in [0.05, 0.1) is 6.26 Å².